The molecular formula is C13H24N2O2S. The summed E-state index contributed by atoms with van der Waals surface area (Å²) in [5.74, 6) is 0. The predicted molar refractivity (Wildman–Crippen MR) is 75.3 cm³/mol. The zero-order valence-corrected chi connectivity index (χ0v) is 12.4. The fourth-order valence-corrected chi connectivity index (χ4v) is 2.60. The van der Waals surface area contributed by atoms with Crippen molar-refractivity contribution in [3.8, 4) is 0 Å². The Bertz CT molecular complexity index is 318. The second-order valence-electron chi connectivity index (χ2n) is 4.24. The molecule has 0 amide bonds. The number of aromatic nitrogens is 1. The van der Waals surface area contributed by atoms with E-state index in [1.807, 2.05) is 6.92 Å². The molecule has 0 saturated carbocycles. The van der Waals surface area contributed by atoms with E-state index in [-0.39, 0.29) is 0 Å². The summed E-state index contributed by atoms with van der Waals surface area (Å²) in [6.45, 7) is 7.25. The fourth-order valence-electron chi connectivity index (χ4n) is 1.74. The van der Waals surface area contributed by atoms with Gasteiger partial charge >= 0.3 is 0 Å². The van der Waals surface area contributed by atoms with Crippen molar-refractivity contribution in [2.45, 2.75) is 32.7 Å². The minimum Gasteiger partial charge on any atom is -0.382 e. The average molecular weight is 272 g/mol. The van der Waals surface area contributed by atoms with Crippen LogP contribution in [0.4, 0.5) is 0 Å². The highest BCUT2D eigenvalue weighted by atomic mass is 32.1. The molecule has 0 spiro atoms. The number of rotatable bonds is 10. The lowest BCUT2D eigenvalue weighted by molar-refractivity contribution is 0.0659. The molecular weight excluding hydrogens is 248 g/mol. The van der Waals surface area contributed by atoms with E-state index in [1.165, 1.54) is 5.01 Å². The summed E-state index contributed by atoms with van der Waals surface area (Å²) in [5, 5.41) is 6.80. The Morgan fingerprint density at radius 1 is 1.39 bits per heavy atom. The molecule has 1 aromatic rings. The molecule has 0 aromatic carbocycles. The minimum atomic E-state index is 0.447. The third-order valence-electron chi connectivity index (χ3n) is 2.62. The van der Waals surface area contributed by atoms with Crippen LogP contribution in [0.1, 0.15) is 24.0 Å². The Labute approximate surface area is 114 Å². The molecule has 0 aliphatic carbocycles. The van der Waals surface area contributed by atoms with E-state index < -0.39 is 0 Å². The predicted octanol–water partition coefficient (Wildman–Crippen LogP) is 2.03. The van der Waals surface area contributed by atoms with Crippen molar-refractivity contribution in [1.29, 1.82) is 0 Å². The third-order valence-corrected chi connectivity index (χ3v) is 3.61. The highest BCUT2D eigenvalue weighted by Crippen LogP contribution is 2.12. The number of likely N-dealkylation sites (N-methyl/N-ethyl adjacent to an activating group) is 1. The number of ether oxygens (including phenoxy) is 2. The van der Waals surface area contributed by atoms with E-state index >= 15 is 0 Å². The van der Waals surface area contributed by atoms with Crippen LogP contribution in [0.25, 0.3) is 0 Å². The van der Waals surface area contributed by atoms with Crippen LogP contribution in [-0.4, -0.2) is 44.5 Å². The van der Waals surface area contributed by atoms with Crippen molar-refractivity contribution < 1.29 is 9.47 Å². The van der Waals surface area contributed by atoms with Gasteiger partial charge in [0.05, 0.1) is 18.2 Å². The van der Waals surface area contributed by atoms with Gasteiger partial charge in [-0.3, -0.25) is 0 Å². The largest absolute Gasteiger partial charge is 0.382 e. The average Bonchev–Trinajstić information content (AvgIpc) is 2.75. The van der Waals surface area contributed by atoms with Gasteiger partial charge in [0.1, 0.15) is 0 Å². The van der Waals surface area contributed by atoms with Gasteiger partial charge in [0.15, 0.2) is 0 Å². The van der Waals surface area contributed by atoms with Gasteiger partial charge in [0.2, 0.25) is 0 Å². The Kier molecular flexibility index (Phi) is 8.17. The molecule has 0 aliphatic heterocycles. The Balaban J connectivity index is 2.26. The first kappa shape index (κ1) is 15.6. The highest BCUT2D eigenvalue weighted by molar-refractivity contribution is 7.09. The van der Waals surface area contributed by atoms with Crippen LogP contribution in [0.5, 0.6) is 0 Å². The fraction of sp³-hybridized carbons (Fsp3) is 0.769. The van der Waals surface area contributed by atoms with Gasteiger partial charge in [0, 0.05) is 37.3 Å². The first-order chi connectivity index (χ1) is 8.76. The molecule has 0 fully saturated rings. The van der Waals surface area contributed by atoms with E-state index in [0.29, 0.717) is 19.3 Å². The summed E-state index contributed by atoms with van der Waals surface area (Å²) in [5.41, 5.74) is 1.11. The van der Waals surface area contributed by atoms with Crippen LogP contribution in [0.3, 0.4) is 0 Å². The van der Waals surface area contributed by atoms with Crippen molar-refractivity contribution in [1.82, 2.24) is 10.3 Å². The quantitative estimate of drug-likeness (QED) is 0.662. The summed E-state index contributed by atoms with van der Waals surface area (Å²) >= 11 is 1.74. The van der Waals surface area contributed by atoms with Crippen molar-refractivity contribution >= 4 is 11.3 Å². The number of nitrogens with one attached hydrogen (secondary N) is 1. The number of nitrogens with zero attached hydrogens (tertiary/aromatic N) is 1. The smallest absolute Gasteiger partial charge is 0.0943 e. The minimum absolute atomic E-state index is 0.447. The first-order valence-corrected chi connectivity index (χ1v) is 7.35. The first-order valence-electron chi connectivity index (χ1n) is 6.47. The molecule has 104 valence electrons. The lowest BCUT2D eigenvalue weighted by atomic mass is 10.1. The van der Waals surface area contributed by atoms with Crippen LogP contribution in [0.15, 0.2) is 5.38 Å². The van der Waals surface area contributed by atoms with Crippen LogP contribution in [-0.2, 0) is 15.9 Å². The van der Waals surface area contributed by atoms with Gasteiger partial charge in [-0.05, 0) is 19.9 Å². The Hall–Kier alpha value is -0.490. The van der Waals surface area contributed by atoms with Crippen LogP contribution in [0.2, 0.25) is 0 Å². The molecule has 1 heterocycles. The molecule has 0 bridgehead atoms. The van der Waals surface area contributed by atoms with Crippen LogP contribution in [0, 0.1) is 6.92 Å². The summed E-state index contributed by atoms with van der Waals surface area (Å²) < 4.78 is 10.5. The molecule has 0 radical (unpaired) electrons. The molecule has 1 atom stereocenters. The Morgan fingerprint density at radius 2 is 2.22 bits per heavy atom. The molecule has 0 aliphatic rings. The molecule has 5 heteroatoms. The van der Waals surface area contributed by atoms with Gasteiger partial charge in [-0.2, -0.15) is 0 Å². The lowest BCUT2D eigenvalue weighted by Crippen LogP contribution is -2.32. The van der Waals surface area contributed by atoms with Crippen LogP contribution < -0.4 is 5.32 Å². The van der Waals surface area contributed by atoms with Gasteiger partial charge in [-0.25, -0.2) is 4.98 Å². The summed E-state index contributed by atoms with van der Waals surface area (Å²) in [4.78, 5) is 4.51. The van der Waals surface area contributed by atoms with E-state index in [2.05, 4.69) is 22.6 Å². The van der Waals surface area contributed by atoms with E-state index in [1.54, 1.807) is 18.4 Å². The summed E-state index contributed by atoms with van der Waals surface area (Å²) in [6, 6.07) is 0.447. The van der Waals surface area contributed by atoms with Gasteiger partial charge in [0.25, 0.3) is 0 Å². The third kappa shape index (κ3) is 6.44. The SMILES string of the molecule is CCNC(CCOCCOC)Cc1nc(C)cs1. The Morgan fingerprint density at radius 3 is 2.83 bits per heavy atom. The maximum absolute atomic E-state index is 5.51. The van der Waals surface area contributed by atoms with Gasteiger partial charge in [-0.1, -0.05) is 6.92 Å². The van der Waals surface area contributed by atoms with E-state index in [9.17, 15) is 0 Å². The van der Waals surface area contributed by atoms with E-state index in [4.69, 9.17) is 9.47 Å². The van der Waals surface area contributed by atoms with Crippen molar-refractivity contribution in [3.05, 3.63) is 16.1 Å². The second kappa shape index (κ2) is 9.44. The topological polar surface area (TPSA) is 43.4 Å². The zero-order valence-electron chi connectivity index (χ0n) is 11.6. The summed E-state index contributed by atoms with van der Waals surface area (Å²) in [7, 11) is 1.69. The highest BCUT2D eigenvalue weighted by Gasteiger charge is 2.10. The number of hydrogen-bond acceptors (Lipinski definition) is 5. The second-order valence-corrected chi connectivity index (χ2v) is 5.18. The maximum atomic E-state index is 5.51. The maximum Gasteiger partial charge on any atom is 0.0943 e. The van der Waals surface area contributed by atoms with Crippen molar-refractivity contribution in [2.75, 3.05) is 33.5 Å². The molecule has 1 unspecified atom stereocenters. The summed E-state index contributed by atoms with van der Waals surface area (Å²) in [6.07, 6.45) is 2.00. The van der Waals surface area contributed by atoms with Gasteiger partial charge in [-0.15, -0.1) is 11.3 Å². The molecule has 1 rings (SSSR count). The number of hydrogen-bond donors (Lipinski definition) is 1. The normalized spacial score (nSPS) is 12.8. The van der Waals surface area contributed by atoms with Crippen molar-refractivity contribution in [2.24, 2.45) is 0 Å². The van der Waals surface area contributed by atoms with Crippen LogP contribution >= 0.6 is 11.3 Å². The number of methoxy groups -OCH3 is 1. The van der Waals surface area contributed by atoms with Crippen molar-refractivity contribution in [3.63, 3.8) is 0 Å². The molecule has 0 saturated heterocycles. The molecule has 1 aromatic heterocycles. The van der Waals surface area contributed by atoms with Gasteiger partial charge < -0.3 is 14.8 Å². The lowest BCUT2D eigenvalue weighted by Gasteiger charge is -2.16. The molecule has 1 N–H and O–H groups in total. The zero-order chi connectivity index (χ0) is 13.2. The number of thiazole rings is 1. The number of aryl methyl sites for hydroxylation is 1. The standard InChI is InChI=1S/C13H24N2O2S/c1-4-14-12(5-6-17-8-7-16-3)9-13-15-11(2)10-18-13/h10,12,14H,4-9H2,1-3H3. The van der Waals surface area contributed by atoms with E-state index in [0.717, 1.165) is 31.7 Å². The molecule has 18 heavy (non-hydrogen) atoms. The monoisotopic (exact) mass is 272 g/mol. The molecule has 4 nitrogen and oxygen atoms in total.